The molecule has 2 aromatic carbocycles. The highest BCUT2D eigenvalue weighted by Gasteiger charge is 2.24. The number of fused-ring (bicyclic) bond motifs is 1. The zero-order valence-electron chi connectivity index (χ0n) is 14.8. The van der Waals surface area contributed by atoms with Crippen molar-refractivity contribution in [2.45, 2.75) is 12.8 Å². The molecule has 0 saturated heterocycles. The summed E-state index contributed by atoms with van der Waals surface area (Å²) in [5.41, 5.74) is 10.9. The zero-order chi connectivity index (χ0) is 18.9. The van der Waals surface area contributed by atoms with E-state index in [1.54, 1.807) is 0 Å². The summed E-state index contributed by atoms with van der Waals surface area (Å²) in [6.45, 7) is 0.543. The van der Waals surface area contributed by atoms with E-state index < -0.39 is 10.0 Å². The highest BCUT2D eigenvalue weighted by Crippen LogP contribution is 2.33. The van der Waals surface area contributed by atoms with E-state index in [0.717, 1.165) is 46.2 Å². The maximum atomic E-state index is 12.0. The van der Waals surface area contributed by atoms with Crippen LogP contribution in [0.25, 0.3) is 11.3 Å². The van der Waals surface area contributed by atoms with Gasteiger partial charge in [0.25, 0.3) is 0 Å². The molecule has 140 valence electrons. The Morgan fingerprint density at radius 1 is 1.11 bits per heavy atom. The third-order valence-corrected chi connectivity index (χ3v) is 6.38. The number of hydrazine groups is 1. The van der Waals surface area contributed by atoms with Crippen LogP contribution in [0.5, 0.6) is 0 Å². The quantitative estimate of drug-likeness (QED) is 0.634. The molecule has 1 aromatic heterocycles. The SMILES string of the molecule is CS(=O)(=O)N1CCCc2cc(-c3csc(NNc4ccccc4)n3)ccc21. The number of aromatic nitrogens is 1. The van der Waals surface area contributed by atoms with Crippen molar-refractivity contribution >= 4 is 37.9 Å². The molecule has 8 heteroatoms. The van der Waals surface area contributed by atoms with E-state index in [4.69, 9.17) is 0 Å². The molecule has 0 bridgehead atoms. The van der Waals surface area contributed by atoms with Crippen molar-refractivity contribution in [3.8, 4) is 11.3 Å². The Bertz CT molecular complexity index is 1050. The molecule has 0 spiro atoms. The molecule has 0 atom stereocenters. The molecule has 3 aromatic rings. The van der Waals surface area contributed by atoms with Crippen LogP contribution in [0.2, 0.25) is 0 Å². The Morgan fingerprint density at radius 3 is 2.70 bits per heavy atom. The molecule has 1 aliphatic heterocycles. The van der Waals surface area contributed by atoms with Crippen molar-refractivity contribution in [3.63, 3.8) is 0 Å². The topological polar surface area (TPSA) is 74.3 Å². The number of thiazole rings is 1. The fraction of sp³-hybridized carbons (Fsp3) is 0.211. The van der Waals surface area contributed by atoms with Gasteiger partial charge in [-0.2, -0.15) is 0 Å². The number of nitrogens with zero attached hydrogens (tertiary/aromatic N) is 2. The van der Waals surface area contributed by atoms with Gasteiger partial charge in [0.15, 0.2) is 0 Å². The Labute approximate surface area is 162 Å². The van der Waals surface area contributed by atoms with Gasteiger partial charge < -0.3 is 0 Å². The second kappa shape index (κ2) is 7.21. The van der Waals surface area contributed by atoms with Gasteiger partial charge >= 0.3 is 0 Å². The fourth-order valence-corrected chi connectivity index (χ4v) is 4.85. The van der Waals surface area contributed by atoms with Crippen LogP contribution in [0.4, 0.5) is 16.5 Å². The predicted octanol–water partition coefficient (Wildman–Crippen LogP) is 3.96. The van der Waals surface area contributed by atoms with Crippen LogP contribution in [0, 0.1) is 0 Å². The second-order valence-corrected chi connectivity index (χ2v) is 9.20. The van der Waals surface area contributed by atoms with Gasteiger partial charge in [-0.05, 0) is 42.7 Å². The summed E-state index contributed by atoms with van der Waals surface area (Å²) in [6.07, 6.45) is 2.96. The summed E-state index contributed by atoms with van der Waals surface area (Å²) in [5, 5.41) is 2.76. The van der Waals surface area contributed by atoms with Crippen molar-refractivity contribution in [2.75, 3.05) is 28.0 Å². The first-order valence-electron chi connectivity index (χ1n) is 8.64. The summed E-state index contributed by atoms with van der Waals surface area (Å²) >= 11 is 1.51. The summed E-state index contributed by atoms with van der Waals surface area (Å²) in [4.78, 5) is 4.63. The van der Waals surface area contributed by atoms with Gasteiger partial charge in [-0.15, -0.1) is 11.3 Å². The smallest absolute Gasteiger partial charge is 0.232 e. The third kappa shape index (κ3) is 3.91. The van der Waals surface area contributed by atoms with Gasteiger partial charge in [0, 0.05) is 17.5 Å². The van der Waals surface area contributed by atoms with Crippen LogP contribution in [0.3, 0.4) is 0 Å². The first-order valence-corrected chi connectivity index (χ1v) is 11.4. The molecule has 6 nitrogen and oxygen atoms in total. The van der Waals surface area contributed by atoms with Crippen LogP contribution in [-0.4, -0.2) is 26.2 Å². The average molecular weight is 401 g/mol. The Hall–Kier alpha value is -2.58. The van der Waals surface area contributed by atoms with Gasteiger partial charge in [0.05, 0.1) is 23.3 Å². The first-order chi connectivity index (χ1) is 13.0. The molecule has 0 saturated carbocycles. The van der Waals surface area contributed by atoms with E-state index in [9.17, 15) is 8.42 Å². The number of para-hydroxylation sites is 1. The van der Waals surface area contributed by atoms with Gasteiger partial charge in [0.2, 0.25) is 15.2 Å². The molecular weight excluding hydrogens is 380 g/mol. The summed E-state index contributed by atoms with van der Waals surface area (Å²) in [7, 11) is -3.24. The summed E-state index contributed by atoms with van der Waals surface area (Å²) in [6, 6.07) is 15.7. The van der Waals surface area contributed by atoms with Gasteiger partial charge in [-0.3, -0.25) is 15.2 Å². The second-order valence-electron chi connectivity index (χ2n) is 6.44. The summed E-state index contributed by atoms with van der Waals surface area (Å²) in [5.74, 6) is 0. The zero-order valence-corrected chi connectivity index (χ0v) is 16.5. The summed E-state index contributed by atoms with van der Waals surface area (Å²) < 4.78 is 25.5. The Balaban J connectivity index is 1.54. The number of sulfonamides is 1. The van der Waals surface area contributed by atoms with E-state index >= 15 is 0 Å². The number of rotatable bonds is 5. The van der Waals surface area contributed by atoms with E-state index in [2.05, 4.69) is 21.9 Å². The molecule has 0 aliphatic carbocycles. The number of hydrogen-bond acceptors (Lipinski definition) is 6. The Morgan fingerprint density at radius 2 is 1.93 bits per heavy atom. The average Bonchev–Trinajstić information content (AvgIpc) is 3.14. The minimum absolute atomic E-state index is 0.543. The van der Waals surface area contributed by atoms with Crippen molar-refractivity contribution in [1.29, 1.82) is 0 Å². The molecule has 2 heterocycles. The van der Waals surface area contributed by atoms with E-state index in [1.165, 1.54) is 21.9 Å². The van der Waals surface area contributed by atoms with Crippen molar-refractivity contribution in [1.82, 2.24) is 4.98 Å². The van der Waals surface area contributed by atoms with Crippen LogP contribution in [0.15, 0.2) is 53.9 Å². The van der Waals surface area contributed by atoms with Crippen molar-refractivity contribution in [3.05, 3.63) is 59.5 Å². The van der Waals surface area contributed by atoms with Crippen LogP contribution in [-0.2, 0) is 16.4 Å². The maximum absolute atomic E-state index is 12.0. The molecule has 2 N–H and O–H groups in total. The van der Waals surface area contributed by atoms with Crippen molar-refractivity contribution < 1.29 is 8.42 Å². The van der Waals surface area contributed by atoms with Crippen LogP contribution in [0.1, 0.15) is 12.0 Å². The number of nitrogens with one attached hydrogen (secondary N) is 2. The van der Waals surface area contributed by atoms with Crippen LogP contribution >= 0.6 is 11.3 Å². The molecule has 1 aliphatic rings. The predicted molar refractivity (Wildman–Crippen MR) is 112 cm³/mol. The largest absolute Gasteiger partial charge is 0.299 e. The number of benzene rings is 2. The van der Waals surface area contributed by atoms with E-state index in [0.29, 0.717) is 6.54 Å². The molecular formula is C19H20N4O2S2. The first kappa shape index (κ1) is 17.8. The molecule has 0 unspecified atom stereocenters. The molecule has 0 fully saturated rings. The lowest BCUT2D eigenvalue weighted by atomic mass is 10.00. The lowest BCUT2D eigenvalue weighted by Crippen LogP contribution is -2.34. The monoisotopic (exact) mass is 400 g/mol. The molecule has 0 radical (unpaired) electrons. The minimum Gasteiger partial charge on any atom is -0.299 e. The fourth-order valence-electron chi connectivity index (χ4n) is 3.18. The maximum Gasteiger partial charge on any atom is 0.232 e. The van der Waals surface area contributed by atoms with Crippen molar-refractivity contribution in [2.24, 2.45) is 0 Å². The highest BCUT2D eigenvalue weighted by molar-refractivity contribution is 7.92. The van der Waals surface area contributed by atoms with Gasteiger partial charge in [-0.25, -0.2) is 13.4 Å². The normalized spacial score (nSPS) is 13.9. The lowest BCUT2D eigenvalue weighted by Gasteiger charge is -2.29. The highest BCUT2D eigenvalue weighted by atomic mass is 32.2. The number of anilines is 3. The number of aryl methyl sites for hydroxylation is 1. The standard InChI is InChI=1S/C19H20N4O2S2/c1-27(24,25)23-11-5-6-15-12-14(9-10-18(15)23)17-13-26-19(20-17)22-21-16-7-3-2-4-8-16/h2-4,7-10,12-13,21H,5-6,11H2,1H3,(H,20,22). The molecule has 4 rings (SSSR count). The van der Waals surface area contributed by atoms with E-state index in [-0.39, 0.29) is 0 Å². The molecule has 0 amide bonds. The molecule has 27 heavy (non-hydrogen) atoms. The van der Waals surface area contributed by atoms with Gasteiger partial charge in [0.1, 0.15) is 0 Å². The Kier molecular flexibility index (Phi) is 4.75. The lowest BCUT2D eigenvalue weighted by molar-refractivity contribution is 0.592. The van der Waals surface area contributed by atoms with Crippen LogP contribution < -0.4 is 15.2 Å². The third-order valence-electron chi connectivity index (χ3n) is 4.44. The van der Waals surface area contributed by atoms with Gasteiger partial charge in [-0.1, -0.05) is 24.3 Å². The number of hydrogen-bond donors (Lipinski definition) is 2. The van der Waals surface area contributed by atoms with E-state index in [1.807, 2.05) is 47.8 Å². The minimum atomic E-state index is -3.24.